The average molecular weight is 307 g/mol. The zero-order valence-electron chi connectivity index (χ0n) is 12.7. The number of nitrogens with one attached hydrogen (secondary N) is 1. The Morgan fingerprint density at radius 1 is 1.43 bits per heavy atom. The number of nitrogens with zero attached hydrogens (tertiary/aromatic N) is 3. The molecule has 0 aliphatic heterocycles. The Labute approximate surface area is 129 Å². The second kappa shape index (κ2) is 5.48. The Morgan fingerprint density at radius 3 is 2.67 bits per heavy atom. The molecule has 0 amide bonds. The molecule has 112 valence electrons. The Morgan fingerprint density at radius 2 is 2.10 bits per heavy atom. The minimum absolute atomic E-state index is 0.0569. The standard InChI is InChI=1S/C15H19ClN4O/c1-6-20-14-11(8-19-20)12(16)10(7-18-14)13(17)21-9(2)15(3,4)5/h7-8,17H,2,6H2,1,3-5H3. The van der Waals surface area contributed by atoms with Crippen LogP contribution in [0, 0.1) is 10.8 Å². The fraction of sp³-hybridized carbons (Fsp3) is 0.400. The zero-order chi connectivity index (χ0) is 15.8. The lowest BCUT2D eigenvalue weighted by Crippen LogP contribution is -2.16. The fourth-order valence-electron chi connectivity index (χ4n) is 1.72. The molecule has 2 aromatic rings. The van der Waals surface area contributed by atoms with Gasteiger partial charge in [0.05, 0.1) is 22.2 Å². The summed E-state index contributed by atoms with van der Waals surface area (Å²) in [7, 11) is 0. The summed E-state index contributed by atoms with van der Waals surface area (Å²) in [6.07, 6.45) is 3.19. The number of hydrogen-bond donors (Lipinski definition) is 1. The third kappa shape index (κ3) is 2.93. The van der Waals surface area contributed by atoms with Gasteiger partial charge in [0.15, 0.2) is 5.65 Å². The minimum atomic E-state index is -0.247. The predicted molar refractivity (Wildman–Crippen MR) is 84.7 cm³/mol. The quantitative estimate of drug-likeness (QED) is 0.529. The van der Waals surface area contributed by atoms with Gasteiger partial charge in [0.25, 0.3) is 0 Å². The van der Waals surface area contributed by atoms with E-state index in [1.54, 1.807) is 10.9 Å². The highest BCUT2D eigenvalue weighted by atomic mass is 35.5. The first-order valence-corrected chi connectivity index (χ1v) is 7.09. The minimum Gasteiger partial charge on any atom is -0.443 e. The maximum absolute atomic E-state index is 8.07. The molecule has 0 aliphatic carbocycles. The van der Waals surface area contributed by atoms with Crippen molar-refractivity contribution in [1.29, 1.82) is 5.41 Å². The SMILES string of the molecule is C=C(OC(=N)c1cnc2c(cnn2CC)c1Cl)C(C)(C)C. The molecule has 2 aromatic heterocycles. The monoisotopic (exact) mass is 306 g/mol. The van der Waals surface area contributed by atoms with E-state index >= 15 is 0 Å². The Hall–Kier alpha value is -1.88. The maximum atomic E-state index is 8.07. The molecule has 0 spiro atoms. The average Bonchev–Trinajstić information content (AvgIpc) is 2.81. The van der Waals surface area contributed by atoms with E-state index in [9.17, 15) is 0 Å². The van der Waals surface area contributed by atoms with Gasteiger partial charge in [0.1, 0.15) is 5.76 Å². The highest BCUT2D eigenvalue weighted by Gasteiger charge is 2.21. The van der Waals surface area contributed by atoms with E-state index in [-0.39, 0.29) is 11.3 Å². The lowest BCUT2D eigenvalue weighted by atomic mass is 9.95. The van der Waals surface area contributed by atoms with Gasteiger partial charge in [-0.1, -0.05) is 39.0 Å². The van der Waals surface area contributed by atoms with E-state index in [2.05, 4.69) is 16.7 Å². The van der Waals surface area contributed by atoms with Crippen LogP contribution in [0.2, 0.25) is 5.02 Å². The lowest BCUT2D eigenvalue weighted by molar-refractivity contribution is 0.286. The zero-order valence-corrected chi connectivity index (χ0v) is 13.5. The molecule has 6 heteroatoms. The number of aromatic nitrogens is 3. The molecular weight excluding hydrogens is 288 g/mol. The first-order valence-electron chi connectivity index (χ1n) is 6.72. The molecule has 1 N–H and O–H groups in total. The van der Waals surface area contributed by atoms with Crippen molar-refractivity contribution in [1.82, 2.24) is 14.8 Å². The topological polar surface area (TPSA) is 63.8 Å². The first-order chi connectivity index (χ1) is 9.75. The van der Waals surface area contributed by atoms with Crippen LogP contribution in [0.5, 0.6) is 0 Å². The van der Waals surface area contributed by atoms with Gasteiger partial charge in [-0.2, -0.15) is 5.10 Å². The van der Waals surface area contributed by atoms with Gasteiger partial charge in [-0.3, -0.25) is 5.41 Å². The van der Waals surface area contributed by atoms with E-state index in [4.69, 9.17) is 21.7 Å². The molecule has 0 atom stereocenters. The van der Waals surface area contributed by atoms with E-state index < -0.39 is 0 Å². The Bertz CT molecular complexity index is 712. The third-order valence-electron chi connectivity index (χ3n) is 3.21. The molecule has 0 unspecified atom stereocenters. The first kappa shape index (κ1) is 15.5. The molecule has 0 fully saturated rings. The van der Waals surface area contributed by atoms with Crippen molar-refractivity contribution in [2.45, 2.75) is 34.2 Å². The van der Waals surface area contributed by atoms with Gasteiger partial charge in [-0.05, 0) is 6.92 Å². The van der Waals surface area contributed by atoms with Crippen LogP contribution in [0.15, 0.2) is 24.7 Å². The van der Waals surface area contributed by atoms with Crippen molar-refractivity contribution in [3.63, 3.8) is 0 Å². The molecule has 2 rings (SSSR count). The van der Waals surface area contributed by atoms with E-state index in [1.807, 2.05) is 27.7 Å². The van der Waals surface area contributed by atoms with Crippen LogP contribution in [0.3, 0.4) is 0 Å². The van der Waals surface area contributed by atoms with Crippen LogP contribution in [0.25, 0.3) is 11.0 Å². The number of ether oxygens (including phenoxy) is 1. The molecule has 0 bridgehead atoms. The van der Waals surface area contributed by atoms with Gasteiger partial charge >= 0.3 is 0 Å². The van der Waals surface area contributed by atoms with Crippen molar-refractivity contribution >= 4 is 28.5 Å². The van der Waals surface area contributed by atoms with Crippen LogP contribution in [0.1, 0.15) is 33.3 Å². The number of fused-ring (bicyclic) bond motifs is 1. The van der Waals surface area contributed by atoms with Crippen LogP contribution < -0.4 is 0 Å². The summed E-state index contributed by atoms with van der Waals surface area (Å²) in [5, 5.41) is 13.4. The molecule has 0 aromatic carbocycles. The molecule has 2 heterocycles. The number of halogens is 1. The lowest BCUT2D eigenvalue weighted by Gasteiger charge is -2.22. The third-order valence-corrected chi connectivity index (χ3v) is 3.61. The summed E-state index contributed by atoms with van der Waals surface area (Å²) in [4.78, 5) is 4.33. The predicted octanol–water partition coefficient (Wildman–Crippen LogP) is 4.01. The van der Waals surface area contributed by atoms with Crippen molar-refractivity contribution in [2.24, 2.45) is 5.41 Å². The van der Waals surface area contributed by atoms with Gasteiger partial charge < -0.3 is 4.74 Å². The number of aryl methyl sites for hydroxylation is 1. The van der Waals surface area contributed by atoms with Crippen LogP contribution in [-0.2, 0) is 11.3 Å². The van der Waals surface area contributed by atoms with E-state index in [0.717, 1.165) is 0 Å². The molecule has 0 aliphatic rings. The highest BCUT2D eigenvalue weighted by molar-refractivity contribution is 6.38. The van der Waals surface area contributed by atoms with E-state index in [1.165, 1.54) is 6.20 Å². The van der Waals surface area contributed by atoms with Gasteiger partial charge in [0, 0.05) is 18.2 Å². The fourth-order valence-corrected chi connectivity index (χ4v) is 1.99. The van der Waals surface area contributed by atoms with Gasteiger partial charge in [-0.15, -0.1) is 0 Å². The number of hydrogen-bond acceptors (Lipinski definition) is 4. The summed E-state index contributed by atoms with van der Waals surface area (Å²) < 4.78 is 7.25. The maximum Gasteiger partial charge on any atom is 0.221 e. The second-order valence-electron chi connectivity index (χ2n) is 5.79. The van der Waals surface area contributed by atoms with Gasteiger partial charge in [-0.25, -0.2) is 9.67 Å². The number of pyridine rings is 1. The van der Waals surface area contributed by atoms with Crippen molar-refractivity contribution in [3.05, 3.63) is 35.3 Å². The van der Waals surface area contributed by atoms with Crippen molar-refractivity contribution in [3.8, 4) is 0 Å². The van der Waals surface area contributed by atoms with E-state index in [0.29, 0.717) is 33.9 Å². The van der Waals surface area contributed by atoms with Crippen LogP contribution in [-0.4, -0.2) is 20.7 Å². The second-order valence-corrected chi connectivity index (χ2v) is 6.17. The van der Waals surface area contributed by atoms with Crippen LogP contribution >= 0.6 is 11.6 Å². The molecule has 0 saturated heterocycles. The highest BCUT2D eigenvalue weighted by Crippen LogP contribution is 2.29. The largest absolute Gasteiger partial charge is 0.443 e. The molecule has 0 saturated carbocycles. The summed E-state index contributed by atoms with van der Waals surface area (Å²) in [5.74, 6) is 0.450. The Kier molecular flexibility index (Phi) is 4.05. The molecule has 21 heavy (non-hydrogen) atoms. The summed E-state index contributed by atoms with van der Waals surface area (Å²) in [5.41, 5.74) is 0.891. The van der Waals surface area contributed by atoms with Gasteiger partial charge in [0.2, 0.25) is 5.90 Å². The van der Waals surface area contributed by atoms with Crippen LogP contribution in [0.4, 0.5) is 0 Å². The Balaban J connectivity index is 2.37. The molecular formula is C15H19ClN4O. The molecule has 0 radical (unpaired) electrons. The summed E-state index contributed by atoms with van der Waals surface area (Å²) in [6.45, 7) is 12.5. The number of rotatable bonds is 3. The summed E-state index contributed by atoms with van der Waals surface area (Å²) >= 11 is 6.36. The summed E-state index contributed by atoms with van der Waals surface area (Å²) in [6, 6.07) is 0. The molecule has 5 nitrogen and oxygen atoms in total. The smallest absolute Gasteiger partial charge is 0.221 e. The number of allylic oxidation sites excluding steroid dienone is 1. The normalized spacial score (nSPS) is 11.7. The van der Waals surface area contributed by atoms with Crippen molar-refractivity contribution < 1.29 is 4.74 Å². The van der Waals surface area contributed by atoms with Crippen molar-refractivity contribution in [2.75, 3.05) is 0 Å².